The molecule has 0 saturated heterocycles. The standard InChI is InChI=1S/C27H24ClN3O4/c28-21-12-10-20(11-13-21)23-16-24(31-30-23)26(33)29-22(15-25(32)27(34)35)14-17-6-8-19(9-7-17)18-4-2-1-3-5-18/h1-13,16,22,25,32H,14-15H2,(H,29,33)(H,30,31)(H,34,35)/t22?,25-/m1/s1. The molecular weight excluding hydrogens is 466 g/mol. The number of benzene rings is 3. The molecule has 1 unspecified atom stereocenters. The van der Waals surface area contributed by atoms with Crippen molar-refractivity contribution in [3.63, 3.8) is 0 Å². The molecule has 4 rings (SSSR count). The van der Waals surface area contributed by atoms with Gasteiger partial charge in [0.2, 0.25) is 0 Å². The van der Waals surface area contributed by atoms with Crippen LogP contribution in [0.3, 0.4) is 0 Å². The summed E-state index contributed by atoms with van der Waals surface area (Å²) in [4.78, 5) is 24.1. The third kappa shape index (κ3) is 6.35. The Kier molecular flexibility index (Phi) is 7.60. The van der Waals surface area contributed by atoms with E-state index in [1.165, 1.54) is 0 Å². The summed E-state index contributed by atoms with van der Waals surface area (Å²) in [5.41, 5.74) is 4.65. The van der Waals surface area contributed by atoms with Gasteiger partial charge in [0.1, 0.15) is 0 Å². The Bertz CT molecular complexity index is 1290. The first-order chi connectivity index (χ1) is 16.9. The van der Waals surface area contributed by atoms with E-state index in [4.69, 9.17) is 11.6 Å². The number of nitrogens with zero attached hydrogens (tertiary/aromatic N) is 1. The molecule has 2 atom stereocenters. The van der Waals surface area contributed by atoms with Gasteiger partial charge in [0.15, 0.2) is 11.8 Å². The van der Waals surface area contributed by atoms with Gasteiger partial charge in [0.05, 0.1) is 5.69 Å². The van der Waals surface area contributed by atoms with Gasteiger partial charge in [0, 0.05) is 17.5 Å². The average molecular weight is 490 g/mol. The van der Waals surface area contributed by atoms with Crippen LogP contribution in [0.5, 0.6) is 0 Å². The quantitative estimate of drug-likeness (QED) is 0.275. The van der Waals surface area contributed by atoms with Crippen LogP contribution < -0.4 is 5.32 Å². The van der Waals surface area contributed by atoms with Crippen LogP contribution in [0.15, 0.2) is 84.9 Å². The first-order valence-corrected chi connectivity index (χ1v) is 11.4. The lowest BCUT2D eigenvalue weighted by Gasteiger charge is -2.20. The summed E-state index contributed by atoms with van der Waals surface area (Å²) in [5, 5.41) is 29.4. The average Bonchev–Trinajstić information content (AvgIpc) is 3.36. The van der Waals surface area contributed by atoms with Gasteiger partial charge in [-0.15, -0.1) is 0 Å². The van der Waals surface area contributed by atoms with E-state index in [9.17, 15) is 19.8 Å². The summed E-state index contributed by atoms with van der Waals surface area (Å²) in [7, 11) is 0. The number of hydrogen-bond acceptors (Lipinski definition) is 4. The predicted octanol–water partition coefficient (Wildman–Crippen LogP) is 4.57. The molecule has 0 aliphatic carbocycles. The fourth-order valence-corrected chi connectivity index (χ4v) is 3.91. The molecule has 0 spiro atoms. The summed E-state index contributed by atoms with van der Waals surface area (Å²) < 4.78 is 0. The molecule has 35 heavy (non-hydrogen) atoms. The Morgan fingerprint density at radius 3 is 2.20 bits per heavy atom. The highest BCUT2D eigenvalue weighted by Crippen LogP contribution is 2.22. The lowest BCUT2D eigenvalue weighted by Crippen LogP contribution is -2.40. The van der Waals surface area contributed by atoms with Gasteiger partial charge in [-0.2, -0.15) is 5.10 Å². The highest BCUT2D eigenvalue weighted by molar-refractivity contribution is 6.30. The summed E-state index contributed by atoms with van der Waals surface area (Å²) in [6.45, 7) is 0. The third-order valence-electron chi connectivity index (χ3n) is 5.64. The van der Waals surface area contributed by atoms with E-state index in [0.717, 1.165) is 22.3 Å². The van der Waals surface area contributed by atoms with Crippen molar-refractivity contribution in [3.8, 4) is 22.4 Å². The minimum Gasteiger partial charge on any atom is -0.479 e. The molecule has 0 bridgehead atoms. The van der Waals surface area contributed by atoms with Crippen molar-refractivity contribution >= 4 is 23.5 Å². The van der Waals surface area contributed by atoms with Crippen molar-refractivity contribution < 1.29 is 19.8 Å². The topological polar surface area (TPSA) is 115 Å². The second-order valence-corrected chi connectivity index (χ2v) is 8.64. The van der Waals surface area contributed by atoms with Gasteiger partial charge in [0.25, 0.3) is 5.91 Å². The number of carbonyl (C=O) groups excluding carboxylic acids is 1. The number of aromatic nitrogens is 2. The normalized spacial score (nSPS) is 12.6. The van der Waals surface area contributed by atoms with Crippen molar-refractivity contribution in [1.29, 1.82) is 0 Å². The molecule has 0 aliphatic heterocycles. The molecule has 178 valence electrons. The highest BCUT2D eigenvalue weighted by atomic mass is 35.5. The first-order valence-electron chi connectivity index (χ1n) is 11.1. The number of aromatic amines is 1. The number of carboxylic acids is 1. The van der Waals surface area contributed by atoms with Gasteiger partial charge in [-0.05, 0) is 46.9 Å². The number of carboxylic acid groups (broad SMARTS) is 1. The number of halogens is 1. The van der Waals surface area contributed by atoms with E-state index in [0.29, 0.717) is 17.1 Å². The molecule has 1 aromatic heterocycles. The molecule has 1 heterocycles. The Balaban J connectivity index is 1.48. The number of hydrogen-bond donors (Lipinski definition) is 4. The number of aliphatic hydroxyl groups is 1. The van der Waals surface area contributed by atoms with E-state index in [1.807, 2.05) is 66.7 Å². The monoisotopic (exact) mass is 489 g/mol. The van der Waals surface area contributed by atoms with Gasteiger partial charge in [-0.1, -0.05) is 78.3 Å². The van der Waals surface area contributed by atoms with Gasteiger partial charge in [-0.25, -0.2) is 4.79 Å². The molecule has 0 aliphatic rings. The second kappa shape index (κ2) is 11.0. The smallest absolute Gasteiger partial charge is 0.332 e. The van der Waals surface area contributed by atoms with Crippen LogP contribution in [0.4, 0.5) is 0 Å². The zero-order chi connectivity index (χ0) is 24.8. The molecule has 7 nitrogen and oxygen atoms in total. The molecule has 4 N–H and O–H groups in total. The van der Waals surface area contributed by atoms with Crippen molar-refractivity contribution in [2.45, 2.75) is 25.0 Å². The van der Waals surface area contributed by atoms with E-state index in [-0.39, 0.29) is 12.1 Å². The van der Waals surface area contributed by atoms with Crippen LogP contribution in [-0.2, 0) is 11.2 Å². The fourth-order valence-electron chi connectivity index (χ4n) is 3.79. The number of nitrogens with one attached hydrogen (secondary N) is 2. The summed E-state index contributed by atoms with van der Waals surface area (Å²) >= 11 is 5.93. The van der Waals surface area contributed by atoms with E-state index in [1.54, 1.807) is 18.2 Å². The van der Waals surface area contributed by atoms with Gasteiger partial charge in [-0.3, -0.25) is 9.89 Å². The Hall–Kier alpha value is -3.94. The van der Waals surface area contributed by atoms with Crippen LogP contribution in [0.1, 0.15) is 22.5 Å². The lowest BCUT2D eigenvalue weighted by molar-refractivity contribution is -0.147. The minimum atomic E-state index is -1.60. The van der Waals surface area contributed by atoms with Crippen LogP contribution in [0.25, 0.3) is 22.4 Å². The first kappa shape index (κ1) is 24.2. The lowest BCUT2D eigenvalue weighted by atomic mass is 9.97. The molecule has 1 amide bonds. The molecule has 3 aromatic carbocycles. The zero-order valence-corrected chi connectivity index (χ0v) is 19.4. The minimum absolute atomic E-state index is 0.143. The molecule has 0 radical (unpaired) electrons. The third-order valence-corrected chi connectivity index (χ3v) is 5.89. The van der Waals surface area contributed by atoms with Crippen molar-refractivity contribution in [3.05, 3.63) is 101 Å². The summed E-state index contributed by atoms with van der Waals surface area (Å²) in [6.07, 6.45) is -1.40. The highest BCUT2D eigenvalue weighted by Gasteiger charge is 2.23. The SMILES string of the molecule is O=C(NC(Cc1ccc(-c2ccccc2)cc1)C[C@@H](O)C(=O)O)c1cc(-c2ccc(Cl)cc2)[nH]n1. The van der Waals surface area contributed by atoms with Crippen LogP contribution in [0.2, 0.25) is 5.02 Å². The van der Waals surface area contributed by atoms with Gasteiger partial charge >= 0.3 is 5.97 Å². The zero-order valence-electron chi connectivity index (χ0n) is 18.7. The van der Waals surface area contributed by atoms with E-state index in [2.05, 4.69) is 15.5 Å². The number of H-pyrrole nitrogens is 1. The number of aliphatic carboxylic acids is 1. The Labute approximate surface area is 207 Å². The van der Waals surface area contributed by atoms with E-state index >= 15 is 0 Å². The summed E-state index contributed by atoms with van der Waals surface area (Å²) in [6, 6.07) is 25.8. The van der Waals surface area contributed by atoms with Crippen molar-refractivity contribution in [1.82, 2.24) is 15.5 Å². The van der Waals surface area contributed by atoms with Crippen LogP contribution >= 0.6 is 11.6 Å². The van der Waals surface area contributed by atoms with Crippen LogP contribution in [-0.4, -0.2) is 44.4 Å². The number of carbonyl (C=O) groups is 2. The molecule has 0 saturated carbocycles. The predicted molar refractivity (Wildman–Crippen MR) is 134 cm³/mol. The maximum atomic E-state index is 12.9. The largest absolute Gasteiger partial charge is 0.479 e. The van der Waals surface area contributed by atoms with E-state index < -0.39 is 24.0 Å². The maximum absolute atomic E-state index is 12.9. The second-order valence-electron chi connectivity index (χ2n) is 8.20. The maximum Gasteiger partial charge on any atom is 0.332 e. The molecule has 8 heteroatoms. The fraction of sp³-hybridized carbons (Fsp3) is 0.148. The van der Waals surface area contributed by atoms with Crippen molar-refractivity contribution in [2.75, 3.05) is 0 Å². The number of aliphatic hydroxyl groups excluding tert-OH is 1. The number of rotatable bonds is 9. The van der Waals surface area contributed by atoms with Crippen LogP contribution in [0, 0.1) is 0 Å². The van der Waals surface area contributed by atoms with Crippen molar-refractivity contribution in [2.24, 2.45) is 0 Å². The van der Waals surface area contributed by atoms with Gasteiger partial charge < -0.3 is 15.5 Å². The number of amides is 1. The molecular formula is C27H24ClN3O4. The summed E-state index contributed by atoms with van der Waals surface area (Å²) in [5.74, 6) is -1.81. The Morgan fingerprint density at radius 1 is 0.914 bits per heavy atom. The Morgan fingerprint density at radius 2 is 1.54 bits per heavy atom. The molecule has 0 fully saturated rings. The molecule has 4 aromatic rings.